The Bertz CT molecular complexity index is 1070. The molecule has 0 saturated carbocycles. The molecule has 0 bridgehead atoms. The van der Waals surface area contributed by atoms with E-state index >= 15 is 0 Å². The van der Waals surface area contributed by atoms with Crippen molar-refractivity contribution in [2.75, 3.05) is 13.1 Å². The maximum absolute atomic E-state index is 13.8. The zero-order valence-corrected chi connectivity index (χ0v) is 26.4. The molecule has 7 atom stereocenters. The number of hydrogen-bond donors (Lipinski definition) is 9. The fraction of sp³-hybridized carbons (Fsp3) is 0.750. The van der Waals surface area contributed by atoms with E-state index in [1.807, 2.05) is 13.8 Å². The van der Waals surface area contributed by atoms with E-state index in [1.165, 1.54) is 18.7 Å². The van der Waals surface area contributed by atoms with E-state index in [9.17, 15) is 43.8 Å². The third-order valence-corrected chi connectivity index (χ3v) is 7.25. The number of aliphatic carboxylic acids is 1. The van der Waals surface area contributed by atoms with E-state index in [1.54, 1.807) is 0 Å². The van der Waals surface area contributed by atoms with Crippen LogP contribution in [0.3, 0.4) is 0 Å². The maximum atomic E-state index is 13.8. The van der Waals surface area contributed by atoms with Gasteiger partial charge in [0.15, 0.2) is 0 Å². The number of amides is 6. The third-order valence-electron chi connectivity index (χ3n) is 7.25. The molecule has 0 unspecified atom stereocenters. The van der Waals surface area contributed by atoms with Crippen molar-refractivity contribution in [3.8, 4) is 0 Å². The molecule has 0 aromatic carbocycles. The first kappa shape index (κ1) is 39.2. The van der Waals surface area contributed by atoms with Crippen molar-refractivity contribution in [1.82, 2.24) is 26.2 Å². The third kappa shape index (κ3) is 13.0. The van der Waals surface area contributed by atoms with Crippen LogP contribution in [-0.2, 0) is 33.6 Å². The van der Waals surface area contributed by atoms with Crippen LogP contribution in [0.25, 0.3) is 0 Å². The van der Waals surface area contributed by atoms with Gasteiger partial charge in [-0.25, -0.2) is 0 Å². The highest BCUT2D eigenvalue weighted by Crippen LogP contribution is 2.21. The number of rotatable bonds is 19. The molecule has 17 nitrogen and oxygen atoms in total. The van der Waals surface area contributed by atoms with E-state index < -0.39 is 90.2 Å². The van der Waals surface area contributed by atoms with Crippen LogP contribution in [0.1, 0.15) is 72.6 Å². The van der Waals surface area contributed by atoms with Crippen LogP contribution in [0.5, 0.6) is 0 Å². The normalized spacial score (nSPS) is 18.6. The quantitative estimate of drug-likeness (QED) is 0.0632. The Balaban J connectivity index is 3.19. The standard InChI is InChI=1S/C28H50N8O9/c1-14(2)12-18(33-24(41)15(3)30)25(42)32-17(8-5-6-10-29)28(45)36-11-7-9-20(36)27(44)34-19(13-21(38)39)26(43)35-22(16(4)37)23(31)40/h14-20,22,37H,5-13,29-30H2,1-4H3,(H2,31,40)(H,32,42)(H,33,41)(H,34,44)(H,35,43)(H,38,39)/t15-,16+,17-,18-,19-,20-,22-/m0/s1. The van der Waals surface area contributed by atoms with Gasteiger partial charge in [-0.2, -0.15) is 0 Å². The number of nitrogens with zero attached hydrogens (tertiary/aromatic N) is 1. The van der Waals surface area contributed by atoms with E-state index in [4.69, 9.17) is 17.2 Å². The van der Waals surface area contributed by atoms with Crippen LogP contribution in [-0.4, -0.2) is 112 Å². The summed E-state index contributed by atoms with van der Waals surface area (Å²) in [6, 6.07) is -7.18. The largest absolute Gasteiger partial charge is 0.481 e. The Labute approximate surface area is 262 Å². The summed E-state index contributed by atoms with van der Waals surface area (Å²) in [6.45, 7) is 6.91. The van der Waals surface area contributed by atoms with Crippen molar-refractivity contribution < 1.29 is 43.8 Å². The first-order chi connectivity index (χ1) is 21.0. The number of carboxylic acid groups (broad SMARTS) is 1. The van der Waals surface area contributed by atoms with Crippen molar-refractivity contribution in [2.45, 2.75) is 115 Å². The first-order valence-corrected chi connectivity index (χ1v) is 15.2. The summed E-state index contributed by atoms with van der Waals surface area (Å²) in [4.78, 5) is 89.9. The molecule has 6 amide bonds. The van der Waals surface area contributed by atoms with Crippen LogP contribution >= 0.6 is 0 Å². The number of carboxylic acids is 1. The Hall–Kier alpha value is -3.83. The summed E-state index contributed by atoms with van der Waals surface area (Å²) in [5.41, 5.74) is 16.5. The summed E-state index contributed by atoms with van der Waals surface area (Å²) in [7, 11) is 0. The fourth-order valence-corrected chi connectivity index (χ4v) is 4.87. The molecule has 0 aliphatic carbocycles. The minimum Gasteiger partial charge on any atom is -0.481 e. The summed E-state index contributed by atoms with van der Waals surface area (Å²) in [6.07, 6.45) is -0.132. The van der Waals surface area contributed by atoms with E-state index in [-0.39, 0.29) is 31.7 Å². The fourth-order valence-electron chi connectivity index (χ4n) is 4.87. The highest BCUT2D eigenvalue weighted by molar-refractivity contribution is 5.97. The van der Waals surface area contributed by atoms with Crippen LogP contribution in [0.15, 0.2) is 0 Å². The number of carbonyl (C=O) groups excluding carboxylic acids is 6. The van der Waals surface area contributed by atoms with Gasteiger partial charge in [0.2, 0.25) is 35.4 Å². The predicted molar refractivity (Wildman–Crippen MR) is 162 cm³/mol. The van der Waals surface area contributed by atoms with Crippen LogP contribution < -0.4 is 38.5 Å². The average molecular weight is 643 g/mol. The molecule has 45 heavy (non-hydrogen) atoms. The summed E-state index contributed by atoms with van der Waals surface area (Å²) in [5.74, 6) is -6.06. The molecule has 17 heteroatoms. The van der Waals surface area contributed by atoms with Crippen molar-refractivity contribution in [3.63, 3.8) is 0 Å². The monoisotopic (exact) mass is 642 g/mol. The van der Waals surface area contributed by atoms with Gasteiger partial charge < -0.3 is 53.6 Å². The Morgan fingerprint density at radius 2 is 1.47 bits per heavy atom. The smallest absolute Gasteiger partial charge is 0.305 e. The van der Waals surface area contributed by atoms with Crippen molar-refractivity contribution in [1.29, 1.82) is 0 Å². The minimum atomic E-state index is -1.65. The van der Waals surface area contributed by atoms with Gasteiger partial charge in [0.25, 0.3) is 0 Å². The Morgan fingerprint density at radius 3 is 1.98 bits per heavy atom. The van der Waals surface area contributed by atoms with Gasteiger partial charge in [0, 0.05) is 6.54 Å². The molecule has 0 spiro atoms. The zero-order valence-electron chi connectivity index (χ0n) is 26.4. The van der Waals surface area contributed by atoms with Crippen LogP contribution in [0.2, 0.25) is 0 Å². The molecule has 1 fully saturated rings. The van der Waals surface area contributed by atoms with Crippen molar-refractivity contribution in [2.24, 2.45) is 23.1 Å². The molecule has 256 valence electrons. The molecule has 1 saturated heterocycles. The van der Waals surface area contributed by atoms with E-state index in [0.29, 0.717) is 25.8 Å². The van der Waals surface area contributed by atoms with Gasteiger partial charge in [-0.15, -0.1) is 0 Å². The lowest BCUT2D eigenvalue weighted by molar-refractivity contribution is -0.144. The summed E-state index contributed by atoms with van der Waals surface area (Å²) >= 11 is 0. The lowest BCUT2D eigenvalue weighted by atomic mass is 10.0. The van der Waals surface area contributed by atoms with Gasteiger partial charge >= 0.3 is 5.97 Å². The molecule has 1 heterocycles. The SMILES string of the molecule is CC(C)C[C@H](NC(=O)[C@H](C)N)C(=O)N[C@@H](CCCCN)C(=O)N1CCC[C@H]1C(=O)N[C@@H](CC(=O)O)C(=O)N[C@H](C(N)=O)[C@@H](C)O. The number of hydrogen-bond acceptors (Lipinski definition) is 10. The van der Waals surface area contributed by atoms with Crippen LogP contribution in [0.4, 0.5) is 0 Å². The van der Waals surface area contributed by atoms with Gasteiger partial charge in [0.05, 0.1) is 18.6 Å². The van der Waals surface area contributed by atoms with E-state index in [0.717, 1.165) is 0 Å². The molecule has 1 aliphatic heterocycles. The van der Waals surface area contributed by atoms with E-state index in [2.05, 4.69) is 21.3 Å². The average Bonchev–Trinajstić information content (AvgIpc) is 3.43. The topological polar surface area (TPSA) is 289 Å². The van der Waals surface area contributed by atoms with Crippen LogP contribution in [0, 0.1) is 5.92 Å². The number of carbonyl (C=O) groups is 7. The summed E-state index contributed by atoms with van der Waals surface area (Å²) < 4.78 is 0. The zero-order chi connectivity index (χ0) is 34.4. The second-order valence-corrected chi connectivity index (χ2v) is 11.8. The molecule has 1 rings (SSSR count). The minimum absolute atomic E-state index is 0.0157. The molecule has 1 aliphatic rings. The Kier molecular flexibility index (Phi) is 16.4. The molecule has 0 radical (unpaired) electrons. The highest BCUT2D eigenvalue weighted by Gasteiger charge is 2.40. The molecule has 0 aromatic heterocycles. The predicted octanol–water partition coefficient (Wildman–Crippen LogP) is -3.22. The number of nitrogens with one attached hydrogen (secondary N) is 4. The lowest BCUT2D eigenvalue weighted by Crippen LogP contribution is -2.60. The number of nitrogens with two attached hydrogens (primary N) is 3. The molecule has 12 N–H and O–H groups in total. The number of unbranched alkanes of at least 4 members (excludes halogenated alkanes) is 1. The van der Waals surface area contributed by atoms with Gasteiger partial charge in [0.1, 0.15) is 30.2 Å². The highest BCUT2D eigenvalue weighted by atomic mass is 16.4. The number of aliphatic hydroxyl groups is 1. The van der Waals surface area contributed by atoms with Gasteiger partial charge in [-0.1, -0.05) is 13.8 Å². The number of likely N-dealkylation sites (tertiary alicyclic amines) is 1. The summed E-state index contributed by atoms with van der Waals surface area (Å²) in [5, 5.41) is 28.9. The molecular weight excluding hydrogens is 592 g/mol. The molecular formula is C28H50N8O9. The Morgan fingerprint density at radius 1 is 0.867 bits per heavy atom. The second-order valence-electron chi connectivity index (χ2n) is 11.8. The lowest BCUT2D eigenvalue weighted by Gasteiger charge is -2.31. The van der Waals surface area contributed by atoms with Gasteiger partial charge in [-0.05, 0) is 64.8 Å². The molecule has 0 aromatic rings. The van der Waals surface area contributed by atoms with Crippen molar-refractivity contribution in [3.05, 3.63) is 0 Å². The first-order valence-electron chi connectivity index (χ1n) is 15.2. The number of primary amides is 1. The number of aliphatic hydroxyl groups excluding tert-OH is 1. The van der Waals surface area contributed by atoms with Crippen molar-refractivity contribution >= 4 is 41.4 Å². The second kappa shape index (κ2) is 18.9. The maximum Gasteiger partial charge on any atom is 0.305 e. The van der Waals surface area contributed by atoms with Gasteiger partial charge in [-0.3, -0.25) is 33.6 Å².